The van der Waals surface area contributed by atoms with Gasteiger partial charge in [-0.2, -0.15) is 5.10 Å². The Labute approximate surface area is 138 Å². The van der Waals surface area contributed by atoms with Gasteiger partial charge >= 0.3 is 0 Å². The van der Waals surface area contributed by atoms with Crippen LogP contribution in [0.5, 0.6) is 0 Å². The van der Waals surface area contributed by atoms with Crippen molar-refractivity contribution in [3.63, 3.8) is 0 Å². The number of pyridine rings is 1. The number of hydrogen-bond donors (Lipinski definition) is 1. The molecule has 0 radical (unpaired) electrons. The van der Waals surface area contributed by atoms with Crippen molar-refractivity contribution in [3.8, 4) is 0 Å². The first-order chi connectivity index (χ1) is 11.4. The fourth-order valence-electron chi connectivity index (χ4n) is 2.25. The number of imidazole rings is 1. The minimum absolute atomic E-state index is 0.0770. The molecule has 3 aromatic heterocycles. The normalized spacial score (nSPS) is 10.8. The smallest absolute Gasteiger partial charge is 0.275 e. The summed E-state index contributed by atoms with van der Waals surface area (Å²) >= 11 is 0. The van der Waals surface area contributed by atoms with Gasteiger partial charge in [0, 0.05) is 32.7 Å². The van der Waals surface area contributed by atoms with E-state index in [1.807, 2.05) is 29.7 Å². The van der Waals surface area contributed by atoms with Crippen molar-refractivity contribution >= 4 is 23.1 Å². The van der Waals surface area contributed by atoms with E-state index >= 15 is 0 Å². The number of nitrogens with zero attached hydrogens (tertiary/aromatic N) is 5. The van der Waals surface area contributed by atoms with Crippen molar-refractivity contribution in [2.75, 3.05) is 19.4 Å². The summed E-state index contributed by atoms with van der Waals surface area (Å²) in [7, 11) is 3.36. The molecule has 0 aliphatic carbocycles. The standard InChI is InChI=1S/C16H18N6O2/c1-11-5-4-6-21-9-13(19-15(11)21)16(24)18-12-7-17-22(8-12)10-14(23)20(2)3/h4-9H,10H2,1-3H3,(H,18,24). The molecule has 0 aliphatic heterocycles. The molecule has 0 atom stereocenters. The fraction of sp³-hybridized carbons (Fsp3) is 0.250. The van der Waals surface area contributed by atoms with Crippen molar-refractivity contribution in [3.05, 3.63) is 48.2 Å². The van der Waals surface area contributed by atoms with Gasteiger partial charge in [0.25, 0.3) is 5.91 Å². The van der Waals surface area contributed by atoms with Crippen molar-refractivity contribution in [1.82, 2.24) is 24.1 Å². The summed E-state index contributed by atoms with van der Waals surface area (Å²) in [6.07, 6.45) is 6.64. The molecular formula is C16H18N6O2. The second kappa shape index (κ2) is 6.15. The zero-order chi connectivity index (χ0) is 17.3. The topological polar surface area (TPSA) is 84.5 Å². The van der Waals surface area contributed by atoms with Crippen LogP contribution in [0.15, 0.2) is 36.9 Å². The lowest BCUT2D eigenvalue weighted by Crippen LogP contribution is -2.26. The molecule has 0 saturated carbocycles. The van der Waals surface area contributed by atoms with Crippen LogP contribution in [-0.2, 0) is 11.3 Å². The molecule has 24 heavy (non-hydrogen) atoms. The molecule has 0 aliphatic rings. The molecular weight excluding hydrogens is 308 g/mol. The Morgan fingerprint density at radius 3 is 2.79 bits per heavy atom. The molecule has 0 bridgehead atoms. The third-order valence-corrected chi connectivity index (χ3v) is 3.60. The third-order valence-electron chi connectivity index (χ3n) is 3.60. The van der Waals surface area contributed by atoms with Crippen LogP contribution in [-0.4, -0.2) is 50.0 Å². The van der Waals surface area contributed by atoms with Crippen LogP contribution >= 0.6 is 0 Å². The number of carbonyl (C=O) groups excluding carboxylic acids is 2. The molecule has 0 unspecified atom stereocenters. The SMILES string of the molecule is Cc1cccn2cc(C(=O)Nc3cnn(CC(=O)N(C)C)c3)nc12. The zero-order valence-corrected chi connectivity index (χ0v) is 13.7. The number of rotatable bonds is 4. The second-order valence-electron chi connectivity index (χ2n) is 5.72. The summed E-state index contributed by atoms with van der Waals surface area (Å²) in [5, 5.41) is 6.81. The summed E-state index contributed by atoms with van der Waals surface area (Å²) < 4.78 is 3.29. The van der Waals surface area contributed by atoms with Crippen LogP contribution in [0, 0.1) is 6.92 Å². The quantitative estimate of drug-likeness (QED) is 0.780. The van der Waals surface area contributed by atoms with Crippen LogP contribution in [0.25, 0.3) is 5.65 Å². The molecule has 1 N–H and O–H groups in total. The number of aromatic nitrogens is 4. The van der Waals surface area contributed by atoms with Crippen molar-refractivity contribution in [2.24, 2.45) is 0 Å². The molecule has 0 fully saturated rings. The lowest BCUT2D eigenvalue weighted by Gasteiger charge is -2.09. The van der Waals surface area contributed by atoms with Gasteiger partial charge in [-0.15, -0.1) is 0 Å². The lowest BCUT2D eigenvalue weighted by molar-refractivity contribution is -0.129. The minimum atomic E-state index is -0.323. The van der Waals surface area contributed by atoms with Crippen LogP contribution in [0.2, 0.25) is 0 Å². The van der Waals surface area contributed by atoms with Gasteiger partial charge in [-0.3, -0.25) is 14.3 Å². The molecule has 3 aromatic rings. The number of amides is 2. The molecule has 124 valence electrons. The van der Waals surface area contributed by atoms with E-state index in [1.54, 1.807) is 26.5 Å². The Kier molecular flexibility index (Phi) is 4.03. The maximum Gasteiger partial charge on any atom is 0.275 e. The van der Waals surface area contributed by atoms with Gasteiger partial charge in [0.15, 0.2) is 0 Å². The van der Waals surface area contributed by atoms with Gasteiger partial charge < -0.3 is 14.6 Å². The molecule has 2 amide bonds. The van der Waals surface area contributed by atoms with Gasteiger partial charge in [-0.1, -0.05) is 6.07 Å². The number of likely N-dealkylation sites (N-methyl/N-ethyl adjacent to an activating group) is 1. The van der Waals surface area contributed by atoms with Gasteiger partial charge in [-0.25, -0.2) is 4.98 Å². The summed E-state index contributed by atoms with van der Waals surface area (Å²) in [6, 6.07) is 3.84. The highest BCUT2D eigenvalue weighted by molar-refractivity contribution is 6.03. The van der Waals surface area contributed by atoms with Gasteiger partial charge in [-0.05, 0) is 18.6 Å². The maximum absolute atomic E-state index is 12.3. The third kappa shape index (κ3) is 3.12. The molecule has 8 heteroatoms. The highest BCUT2D eigenvalue weighted by Crippen LogP contribution is 2.12. The number of aryl methyl sites for hydroxylation is 1. The number of hydrogen-bond acceptors (Lipinski definition) is 4. The number of carbonyl (C=O) groups is 2. The second-order valence-corrected chi connectivity index (χ2v) is 5.72. The predicted octanol–water partition coefficient (Wildman–Crippen LogP) is 1.18. The number of anilines is 1. The first-order valence-corrected chi connectivity index (χ1v) is 7.42. The Balaban J connectivity index is 1.73. The fourth-order valence-corrected chi connectivity index (χ4v) is 2.25. The summed E-state index contributed by atoms with van der Waals surface area (Å²) in [5.41, 5.74) is 2.57. The zero-order valence-electron chi connectivity index (χ0n) is 13.7. The lowest BCUT2D eigenvalue weighted by atomic mass is 10.3. The average Bonchev–Trinajstić information content (AvgIpc) is 3.14. The van der Waals surface area contributed by atoms with Gasteiger partial charge in [0.05, 0.1) is 11.9 Å². The van der Waals surface area contributed by atoms with Crippen LogP contribution in [0.4, 0.5) is 5.69 Å². The van der Waals surface area contributed by atoms with Crippen LogP contribution in [0.3, 0.4) is 0 Å². The highest BCUT2D eigenvalue weighted by Gasteiger charge is 2.13. The molecule has 3 heterocycles. The van der Waals surface area contributed by atoms with Crippen molar-refractivity contribution in [2.45, 2.75) is 13.5 Å². The van der Waals surface area contributed by atoms with Gasteiger partial charge in [0.1, 0.15) is 17.9 Å². The Morgan fingerprint density at radius 1 is 1.29 bits per heavy atom. The van der Waals surface area contributed by atoms with Gasteiger partial charge in [0.2, 0.25) is 5.91 Å². The Morgan fingerprint density at radius 2 is 2.08 bits per heavy atom. The van der Waals surface area contributed by atoms with E-state index in [0.717, 1.165) is 11.2 Å². The summed E-state index contributed by atoms with van der Waals surface area (Å²) in [4.78, 5) is 29.8. The van der Waals surface area contributed by atoms with E-state index in [-0.39, 0.29) is 18.4 Å². The average molecular weight is 326 g/mol. The number of nitrogens with one attached hydrogen (secondary N) is 1. The van der Waals surface area contributed by atoms with E-state index in [2.05, 4.69) is 15.4 Å². The van der Waals surface area contributed by atoms with Crippen molar-refractivity contribution < 1.29 is 9.59 Å². The molecule has 0 aromatic carbocycles. The monoisotopic (exact) mass is 326 g/mol. The minimum Gasteiger partial charge on any atom is -0.347 e. The molecule has 0 spiro atoms. The highest BCUT2D eigenvalue weighted by atomic mass is 16.2. The van der Waals surface area contributed by atoms with E-state index in [9.17, 15) is 9.59 Å². The van der Waals surface area contributed by atoms with E-state index < -0.39 is 0 Å². The molecule has 8 nitrogen and oxygen atoms in total. The summed E-state index contributed by atoms with van der Waals surface area (Å²) in [6.45, 7) is 2.06. The summed E-state index contributed by atoms with van der Waals surface area (Å²) in [5.74, 6) is -0.400. The first-order valence-electron chi connectivity index (χ1n) is 7.42. The Bertz CT molecular complexity index is 908. The van der Waals surface area contributed by atoms with E-state index in [0.29, 0.717) is 11.4 Å². The first kappa shape index (κ1) is 15.7. The molecule has 0 saturated heterocycles. The van der Waals surface area contributed by atoms with Crippen LogP contribution < -0.4 is 5.32 Å². The predicted molar refractivity (Wildman–Crippen MR) is 88.8 cm³/mol. The van der Waals surface area contributed by atoms with E-state index in [4.69, 9.17) is 0 Å². The molecule has 3 rings (SSSR count). The van der Waals surface area contributed by atoms with Crippen molar-refractivity contribution in [1.29, 1.82) is 0 Å². The Hall–Kier alpha value is -3.16. The maximum atomic E-state index is 12.3. The van der Waals surface area contributed by atoms with E-state index in [1.165, 1.54) is 15.8 Å². The number of fused-ring (bicyclic) bond motifs is 1. The largest absolute Gasteiger partial charge is 0.347 e. The van der Waals surface area contributed by atoms with Crippen LogP contribution in [0.1, 0.15) is 16.1 Å².